The number of allylic oxidation sites excluding steroid dienone is 8. The Kier molecular flexibility index (Phi) is 4.09. The van der Waals surface area contributed by atoms with Gasteiger partial charge in [0.2, 0.25) is 0 Å². The minimum atomic E-state index is 0.929. The SMILES string of the molecule is CC1=C(C)C(C)=C2C1=Nc1cc(C)c(Cc3cc4c(cc3C)N=C3C(C)=C(C)C(C)=C34)cc12. The summed E-state index contributed by atoms with van der Waals surface area (Å²) in [7, 11) is 0. The van der Waals surface area contributed by atoms with Gasteiger partial charge in [-0.3, -0.25) is 0 Å². The molecule has 164 valence electrons. The molecule has 0 fully saturated rings. The Bertz CT molecular complexity index is 1410. The van der Waals surface area contributed by atoms with E-state index in [0.29, 0.717) is 0 Å². The van der Waals surface area contributed by atoms with Gasteiger partial charge in [0.05, 0.1) is 22.8 Å². The van der Waals surface area contributed by atoms with E-state index in [1.54, 1.807) is 0 Å². The van der Waals surface area contributed by atoms with Gasteiger partial charge in [-0.2, -0.15) is 0 Å². The third kappa shape index (κ3) is 2.61. The predicted octanol–water partition coefficient (Wildman–Crippen LogP) is 8.31. The van der Waals surface area contributed by atoms with Crippen LogP contribution in [0.1, 0.15) is 74.9 Å². The molecule has 0 bridgehead atoms. The second-order valence-electron chi connectivity index (χ2n) is 10.2. The van der Waals surface area contributed by atoms with Crippen molar-refractivity contribution in [2.75, 3.05) is 0 Å². The number of aliphatic imine (C=N–C) groups is 2. The van der Waals surface area contributed by atoms with Crippen LogP contribution in [-0.4, -0.2) is 11.4 Å². The molecule has 0 aromatic heterocycles. The fraction of sp³-hybridized carbons (Fsp3) is 0.290. The second-order valence-corrected chi connectivity index (χ2v) is 10.2. The van der Waals surface area contributed by atoms with E-state index >= 15 is 0 Å². The number of fused-ring (bicyclic) bond motifs is 6. The first-order chi connectivity index (χ1) is 15.7. The summed E-state index contributed by atoms with van der Waals surface area (Å²) >= 11 is 0. The first-order valence-electron chi connectivity index (χ1n) is 11.9. The lowest BCUT2D eigenvalue weighted by Gasteiger charge is -2.14. The van der Waals surface area contributed by atoms with Crippen LogP contribution in [0.2, 0.25) is 0 Å². The molecule has 4 aliphatic rings. The van der Waals surface area contributed by atoms with Crippen molar-refractivity contribution in [1.82, 2.24) is 0 Å². The van der Waals surface area contributed by atoms with Crippen LogP contribution in [0.25, 0.3) is 11.1 Å². The number of benzene rings is 2. The van der Waals surface area contributed by atoms with Gasteiger partial charge in [0.25, 0.3) is 0 Å². The molecule has 2 aliphatic carbocycles. The summed E-state index contributed by atoms with van der Waals surface area (Å²) in [6.45, 7) is 17.8. The minimum absolute atomic E-state index is 0.929. The molecule has 0 unspecified atom stereocenters. The van der Waals surface area contributed by atoms with E-state index in [4.69, 9.17) is 9.98 Å². The summed E-state index contributed by atoms with van der Waals surface area (Å²) in [6, 6.07) is 9.36. The maximum absolute atomic E-state index is 5.00. The summed E-state index contributed by atoms with van der Waals surface area (Å²) in [5.74, 6) is 0. The molecule has 2 heteroatoms. The highest BCUT2D eigenvalue weighted by Gasteiger charge is 2.32. The molecule has 0 N–H and O–H groups in total. The quantitative estimate of drug-likeness (QED) is 0.458. The summed E-state index contributed by atoms with van der Waals surface area (Å²) in [5.41, 5.74) is 23.4. The van der Waals surface area contributed by atoms with E-state index < -0.39 is 0 Å². The van der Waals surface area contributed by atoms with Gasteiger partial charge < -0.3 is 0 Å². The van der Waals surface area contributed by atoms with Gasteiger partial charge in [0, 0.05) is 22.3 Å². The Balaban J connectivity index is 1.41. The van der Waals surface area contributed by atoms with Crippen LogP contribution < -0.4 is 0 Å². The van der Waals surface area contributed by atoms with Gasteiger partial charge in [-0.15, -0.1) is 0 Å². The minimum Gasteiger partial charge on any atom is -0.247 e. The molecule has 0 saturated heterocycles. The van der Waals surface area contributed by atoms with Crippen molar-refractivity contribution in [2.24, 2.45) is 9.98 Å². The molecule has 2 aromatic rings. The van der Waals surface area contributed by atoms with Crippen molar-refractivity contribution in [1.29, 1.82) is 0 Å². The van der Waals surface area contributed by atoms with Gasteiger partial charge in [-0.05, 0) is 142 Å². The average molecular weight is 431 g/mol. The van der Waals surface area contributed by atoms with Crippen molar-refractivity contribution < 1.29 is 0 Å². The predicted molar refractivity (Wildman–Crippen MR) is 141 cm³/mol. The van der Waals surface area contributed by atoms with E-state index in [-0.39, 0.29) is 0 Å². The number of hydrogen-bond acceptors (Lipinski definition) is 2. The van der Waals surface area contributed by atoms with Crippen LogP contribution in [0.5, 0.6) is 0 Å². The van der Waals surface area contributed by atoms with Crippen molar-refractivity contribution >= 4 is 33.9 Å². The molecule has 33 heavy (non-hydrogen) atoms. The Labute approximate surface area is 196 Å². The molecule has 2 nitrogen and oxygen atoms in total. The summed E-state index contributed by atoms with van der Waals surface area (Å²) in [4.78, 5) is 10.0. The van der Waals surface area contributed by atoms with E-state index in [0.717, 1.165) is 17.8 Å². The van der Waals surface area contributed by atoms with E-state index in [1.807, 2.05) is 0 Å². The zero-order valence-electron chi connectivity index (χ0n) is 20.9. The van der Waals surface area contributed by atoms with Gasteiger partial charge in [-0.25, -0.2) is 9.98 Å². The summed E-state index contributed by atoms with van der Waals surface area (Å²) in [6.07, 6.45) is 0.929. The Morgan fingerprint density at radius 2 is 0.879 bits per heavy atom. The maximum atomic E-state index is 5.00. The number of rotatable bonds is 2. The fourth-order valence-corrected chi connectivity index (χ4v) is 5.85. The van der Waals surface area contributed by atoms with Crippen LogP contribution in [0, 0.1) is 13.8 Å². The highest BCUT2D eigenvalue weighted by Crippen LogP contribution is 2.48. The van der Waals surface area contributed by atoms with E-state index in [9.17, 15) is 0 Å². The standard InChI is InChI=1S/C31H30N2/c1-14-9-26-24(28-18(5)16(3)20(7)30(28)32-26)12-22(14)11-23-13-25-27(10-15(23)2)33-31-21(8)17(4)19(6)29(25)31/h9-10,12-13H,11H2,1-8H3. The fourth-order valence-electron chi connectivity index (χ4n) is 5.85. The summed E-state index contributed by atoms with van der Waals surface area (Å²) in [5, 5.41) is 0. The smallest absolute Gasteiger partial charge is 0.0750 e. The number of aryl methyl sites for hydroxylation is 2. The zero-order valence-corrected chi connectivity index (χ0v) is 20.9. The molecule has 0 spiro atoms. The second kappa shape index (κ2) is 6.63. The third-order valence-corrected chi connectivity index (χ3v) is 8.48. The van der Waals surface area contributed by atoms with Gasteiger partial charge in [0.1, 0.15) is 0 Å². The molecule has 2 aromatic carbocycles. The van der Waals surface area contributed by atoms with Crippen molar-refractivity contribution in [3.63, 3.8) is 0 Å². The van der Waals surface area contributed by atoms with Gasteiger partial charge >= 0.3 is 0 Å². The van der Waals surface area contributed by atoms with Gasteiger partial charge in [0.15, 0.2) is 0 Å². The topological polar surface area (TPSA) is 24.7 Å². The van der Waals surface area contributed by atoms with Crippen LogP contribution in [0.4, 0.5) is 11.4 Å². The first-order valence-corrected chi connectivity index (χ1v) is 11.9. The largest absolute Gasteiger partial charge is 0.247 e. The lowest BCUT2D eigenvalue weighted by Crippen LogP contribution is -1.99. The Morgan fingerprint density at radius 1 is 0.485 bits per heavy atom. The first kappa shape index (κ1) is 20.4. The molecule has 2 aliphatic heterocycles. The Morgan fingerprint density at radius 3 is 1.27 bits per heavy atom. The molecule has 0 radical (unpaired) electrons. The molecular weight excluding hydrogens is 400 g/mol. The molecule has 0 saturated carbocycles. The van der Waals surface area contributed by atoms with Crippen LogP contribution >= 0.6 is 0 Å². The Hall–Kier alpha value is -3.26. The van der Waals surface area contributed by atoms with Crippen molar-refractivity contribution in [3.8, 4) is 0 Å². The zero-order chi connectivity index (χ0) is 23.3. The number of nitrogens with zero attached hydrogens (tertiary/aromatic N) is 2. The van der Waals surface area contributed by atoms with Crippen molar-refractivity contribution in [2.45, 2.75) is 61.8 Å². The highest BCUT2D eigenvalue weighted by molar-refractivity contribution is 6.40. The highest BCUT2D eigenvalue weighted by atomic mass is 14.8. The molecule has 2 heterocycles. The number of hydrogen-bond donors (Lipinski definition) is 0. The summed E-state index contributed by atoms with van der Waals surface area (Å²) < 4.78 is 0. The normalized spacial score (nSPS) is 18.3. The molecule has 6 rings (SSSR count). The molecule has 0 atom stereocenters. The maximum Gasteiger partial charge on any atom is 0.0750 e. The van der Waals surface area contributed by atoms with E-state index in [1.165, 1.54) is 89.4 Å². The van der Waals surface area contributed by atoms with Crippen LogP contribution in [-0.2, 0) is 6.42 Å². The lowest BCUT2D eigenvalue weighted by molar-refractivity contribution is 1.12. The molecular formula is C31H30N2. The van der Waals surface area contributed by atoms with Crippen LogP contribution in [0.15, 0.2) is 67.7 Å². The van der Waals surface area contributed by atoms with Gasteiger partial charge in [-0.1, -0.05) is 0 Å². The monoisotopic (exact) mass is 430 g/mol. The molecule has 0 amide bonds. The lowest BCUT2D eigenvalue weighted by atomic mass is 9.90. The van der Waals surface area contributed by atoms with Crippen molar-refractivity contribution in [3.05, 3.63) is 91.1 Å². The third-order valence-electron chi connectivity index (χ3n) is 8.48. The average Bonchev–Trinajstić information content (AvgIpc) is 3.44. The van der Waals surface area contributed by atoms with Crippen LogP contribution in [0.3, 0.4) is 0 Å². The van der Waals surface area contributed by atoms with E-state index in [2.05, 4.69) is 79.7 Å².